The molecule has 0 aromatic heterocycles. The molecule has 1 saturated carbocycles. The number of aliphatic carboxylic acids is 1. The molecule has 0 spiro atoms. The van der Waals surface area contributed by atoms with E-state index in [-0.39, 0.29) is 23.8 Å². The summed E-state index contributed by atoms with van der Waals surface area (Å²) < 4.78 is 0. The minimum absolute atomic E-state index is 0.113. The van der Waals surface area contributed by atoms with E-state index in [1.165, 1.54) is 0 Å². The molecule has 2 rings (SSSR count). The number of nitrogens with zero attached hydrogens (tertiary/aromatic N) is 1. The van der Waals surface area contributed by atoms with Crippen molar-refractivity contribution in [3.63, 3.8) is 0 Å². The van der Waals surface area contributed by atoms with E-state index in [9.17, 15) is 19.5 Å². The van der Waals surface area contributed by atoms with Crippen molar-refractivity contribution in [3.8, 4) is 0 Å². The molecular formula is C14H20N2O5. The summed E-state index contributed by atoms with van der Waals surface area (Å²) in [5.41, 5.74) is -0.312. The number of carboxylic acids is 1. The van der Waals surface area contributed by atoms with Crippen LogP contribution in [-0.4, -0.2) is 52.0 Å². The van der Waals surface area contributed by atoms with Crippen molar-refractivity contribution in [2.24, 2.45) is 0 Å². The number of amides is 2. The lowest BCUT2D eigenvalue weighted by Crippen LogP contribution is -2.48. The summed E-state index contributed by atoms with van der Waals surface area (Å²) in [6, 6.07) is 0.113. The van der Waals surface area contributed by atoms with Crippen molar-refractivity contribution in [2.45, 2.75) is 44.6 Å². The Hall–Kier alpha value is -2.05. The summed E-state index contributed by atoms with van der Waals surface area (Å²) in [6.45, 7) is -0.169. The summed E-state index contributed by atoms with van der Waals surface area (Å²) in [6.07, 6.45) is 5.34. The quantitative estimate of drug-likeness (QED) is 0.657. The SMILES string of the molecule is O=C(O)CNC(=O)C1=C(O)CCN(C2CCCCC2)C1=O. The topological polar surface area (TPSA) is 107 Å². The Morgan fingerprint density at radius 2 is 1.90 bits per heavy atom. The van der Waals surface area contributed by atoms with Gasteiger partial charge in [0.15, 0.2) is 0 Å². The Labute approximate surface area is 122 Å². The molecule has 0 radical (unpaired) electrons. The van der Waals surface area contributed by atoms with Crippen molar-refractivity contribution in [1.29, 1.82) is 0 Å². The molecule has 1 heterocycles. The first-order chi connectivity index (χ1) is 10.0. The van der Waals surface area contributed by atoms with Gasteiger partial charge in [-0.15, -0.1) is 0 Å². The van der Waals surface area contributed by atoms with Crippen LogP contribution in [0.15, 0.2) is 11.3 Å². The minimum atomic E-state index is -1.20. The number of carbonyl (C=O) groups excluding carboxylic acids is 2. The van der Waals surface area contributed by atoms with Gasteiger partial charge < -0.3 is 20.4 Å². The molecule has 0 aromatic rings. The van der Waals surface area contributed by atoms with Crippen LogP contribution in [0.25, 0.3) is 0 Å². The third-order valence-electron chi connectivity index (χ3n) is 4.00. The van der Waals surface area contributed by atoms with E-state index in [1.54, 1.807) is 4.90 Å². The summed E-state index contributed by atoms with van der Waals surface area (Å²) >= 11 is 0. The lowest BCUT2D eigenvalue weighted by molar-refractivity contribution is -0.139. The molecule has 3 N–H and O–H groups in total. The molecule has 1 aliphatic heterocycles. The van der Waals surface area contributed by atoms with Crippen LogP contribution in [0.3, 0.4) is 0 Å². The monoisotopic (exact) mass is 296 g/mol. The highest BCUT2D eigenvalue weighted by molar-refractivity contribution is 6.19. The zero-order valence-electron chi connectivity index (χ0n) is 11.8. The average molecular weight is 296 g/mol. The third kappa shape index (κ3) is 3.53. The van der Waals surface area contributed by atoms with Crippen LogP contribution in [0, 0.1) is 0 Å². The smallest absolute Gasteiger partial charge is 0.322 e. The highest BCUT2D eigenvalue weighted by atomic mass is 16.4. The number of nitrogens with one attached hydrogen (secondary N) is 1. The van der Waals surface area contributed by atoms with E-state index in [0.717, 1.165) is 32.1 Å². The van der Waals surface area contributed by atoms with E-state index in [4.69, 9.17) is 5.11 Å². The fourth-order valence-corrected chi connectivity index (χ4v) is 2.93. The third-order valence-corrected chi connectivity index (χ3v) is 4.00. The van der Waals surface area contributed by atoms with Gasteiger partial charge in [0, 0.05) is 19.0 Å². The van der Waals surface area contributed by atoms with E-state index >= 15 is 0 Å². The first-order valence-electron chi connectivity index (χ1n) is 7.23. The van der Waals surface area contributed by atoms with Crippen LogP contribution in [0.5, 0.6) is 0 Å². The predicted octanol–water partition coefficient (Wildman–Crippen LogP) is 0.564. The molecule has 1 aliphatic carbocycles. The fourth-order valence-electron chi connectivity index (χ4n) is 2.93. The first kappa shape index (κ1) is 15.3. The standard InChI is InChI=1S/C14H20N2O5/c17-10-6-7-16(9-4-2-1-3-5-9)14(21)12(10)13(20)15-8-11(18)19/h9,17H,1-8H2,(H,15,20)(H,18,19). The second kappa shape index (κ2) is 6.60. The second-order valence-corrected chi connectivity index (χ2v) is 5.44. The number of hydrogen-bond donors (Lipinski definition) is 3. The molecule has 1 fully saturated rings. The predicted molar refractivity (Wildman–Crippen MR) is 73.5 cm³/mol. The summed E-state index contributed by atoms with van der Waals surface area (Å²) in [7, 11) is 0. The Morgan fingerprint density at radius 3 is 2.52 bits per heavy atom. The van der Waals surface area contributed by atoms with Gasteiger partial charge in [0.2, 0.25) is 0 Å². The van der Waals surface area contributed by atoms with Crippen LogP contribution < -0.4 is 5.32 Å². The highest BCUT2D eigenvalue weighted by Gasteiger charge is 2.35. The Morgan fingerprint density at radius 1 is 1.24 bits per heavy atom. The molecule has 2 amide bonds. The Balaban J connectivity index is 2.09. The number of rotatable bonds is 4. The first-order valence-corrected chi connectivity index (χ1v) is 7.23. The maximum atomic E-state index is 12.4. The highest BCUT2D eigenvalue weighted by Crippen LogP contribution is 2.27. The average Bonchev–Trinajstić information content (AvgIpc) is 2.46. The molecule has 116 valence electrons. The summed E-state index contributed by atoms with van der Waals surface area (Å²) in [5, 5.41) is 20.5. The molecule has 7 nitrogen and oxygen atoms in total. The van der Waals surface area contributed by atoms with Crippen molar-refractivity contribution < 1.29 is 24.6 Å². The number of aliphatic hydroxyl groups excluding tert-OH is 1. The van der Waals surface area contributed by atoms with Gasteiger partial charge in [0.1, 0.15) is 17.9 Å². The number of carboxylic acid groups (broad SMARTS) is 1. The van der Waals surface area contributed by atoms with Gasteiger partial charge in [-0.3, -0.25) is 14.4 Å². The normalized spacial score (nSPS) is 20.6. The Bertz CT molecular complexity index is 480. The summed E-state index contributed by atoms with van der Waals surface area (Å²) in [4.78, 5) is 36.5. The molecule has 7 heteroatoms. The number of aliphatic hydroxyl groups is 1. The van der Waals surface area contributed by atoms with Gasteiger partial charge in [-0.05, 0) is 12.8 Å². The molecule has 0 unspecified atom stereocenters. The van der Waals surface area contributed by atoms with Crippen LogP contribution in [0.4, 0.5) is 0 Å². The molecule has 0 atom stereocenters. The van der Waals surface area contributed by atoms with E-state index in [0.29, 0.717) is 6.54 Å². The largest absolute Gasteiger partial charge is 0.511 e. The molecule has 21 heavy (non-hydrogen) atoms. The van der Waals surface area contributed by atoms with Gasteiger partial charge >= 0.3 is 5.97 Å². The summed E-state index contributed by atoms with van der Waals surface area (Å²) in [5.74, 6) is -2.76. The zero-order valence-corrected chi connectivity index (χ0v) is 11.8. The van der Waals surface area contributed by atoms with E-state index in [2.05, 4.69) is 5.32 Å². The molecule has 0 aromatic carbocycles. The van der Waals surface area contributed by atoms with E-state index < -0.39 is 24.3 Å². The lowest BCUT2D eigenvalue weighted by atomic mass is 9.92. The van der Waals surface area contributed by atoms with Gasteiger partial charge in [-0.2, -0.15) is 0 Å². The van der Waals surface area contributed by atoms with Gasteiger partial charge in [-0.25, -0.2) is 0 Å². The van der Waals surface area contributed by atoms with Crippen molar-refractivity contribution in [2.75, 3.05) is 13.1 Å². The molecular weight excluding hydrogens is 276 g/mol. The Kier molecular flexibility index (Phi) is 4.82. The van der Waals surface area contributed by atoms with Crippen LogP contribution >= 0.6 is 0 Å². The zero-order chi connectivity index (χ0) is 15.4. The molecule has 0 saturated heterocycles. The van der Waals surface area contributed by atoms with Gasteiger partial charge in [-0.1, -0.05) is 19.3 Å². The van der Waals surface area contributed by atoms with Crippen LogP contribution in [0.1, 0.15) is 38.5 Å². The number of carbonyl (C=O) groups is 3. The minimum Gasteiger partial charge on any atom is -0.511 e. The maximum Gasteiger partial charge on any atom is 0.322 e. The van der Waals surface area contributed by atoms with Crippen LogP contribution in [-0.2, 0) is 14.4 Å². The molecule has 0 bridgehead atoms. The number of hydrogen-bond acceptors (Lipinski definition) is 4. The van der Waals surface area contributed by atoms with Gasteiger partial charge in [0.25, 0.3) is 11.8 Å². The van der Waals surface area contributed by atoms with Gasteiger partial charge in [0.05, 0.1) is 0 Å². The van der Waals surface area contributed by atoms with Crippen molar-refractivity contribution >= 4 is 17.8 Å². The van der Waals surface area contributed by atoms with Crippen molar-refractivity contribution in [1.82, 2.24) is 10.2 Å². The van der Waals surface area contributed by atoms with E-state index in [1.807, 2.05) is 0 Å². The molecule has 2 aliphatic rings. The lowest BCUT2D eigenvalue weighted by Gasteiger charge is -2.37. The van der Waals surface area contributed by atoms with Crippen LogP contribution in [0.2, 0.25) is 0 Å². The van der Waals surface area contributed by atoms with Crippen molar-refractivity contribution in [3.05, 3.63) is 11.3 Å². The fraction of sp³-hybridized carbons (Fsp3) is 0.643. The second-order valence-electron chi connectivity index (χ2n) is 5.44. The maximum absolute atomic E-state index is 12.4.